The van der Waals surface area contributed by atoms with Gasteiger partial charge in [0.25, 0.3) is 0 Å². The Morgan fingerprint density at radius 1 is 1.20 bits per heavy atom. The number of rotatable bonds is 6. The fourth-order valence-corrected chi connectivity index (χ4v) is 3.61. The van der Waals surface area contributed by atoms with Crippen LogP contribution in [0.4, 0.5) is 0 Å². The maximum absolute atomic E-state index is 10.5. The molecule has 7 nitrogen and oxygen atoms in total. The first-order valence-electron chi connectivity index (χ1n) is 9.17. The Morgan fingerprint density at radius 2 is 2.00 bits per heavy atom. The van der Waals surface area contributed by atoms with E-state index in [2.05, 4.69) is 32.2 Å². The zero-order chi connectivity index (χ0) is 17.2. The van der Waals surface area contributed by atoms with Crippen LogP contribution in [-0.2, 0) is 6.54 Å². The number of β-amino-alcohol motifs (C(OH)–C–C–N with tert-alkyl or cyclic N) is 1. The molecule has 0 radical (unpaired) electrons. The normalized spacial score (nSPS) is 23.7. The minimum atomic E-state index is -0.433. The first kappa shape index (κ1) is 16.6. The van der Waals surface area contributed by atoms with Gasteiger partial charge in [0, 0.05) is 32.2 Å². The van der Waals surface area contributed by atoms with Gasteiger partial charge in [-0.05, 0) is 35.8 Å². The van der Waals surface area contributed by atoms with Gasteiger partial charge in [0.05, 0.1) is 18.7 Å². The van der Waals surface area contributed by atoms with Crippen molar-refractivity contribution in [3.8, 4) is 0 Å². The van der Waals surface area contributed by atoms with Crippen LogP contribution in [0.3, 0.4) is 0 Å². The third-order valence-corrected chi connectivity index (χ3v) is 5.26. The van der Waals surface area contributed by atoms with Crippen LogP contribution < -0.4 is 0 Å². The molecule has 1 N–H and O–H groups in total. The van der Waals surface area contributed by atoms with E-state index in [1.807, 2.05) is 35.0 Å². The van der Waals surface area contributed by atoms with Crippen LogP contribution in [0.5, 0.6) is 0 Å². The van der Waals surface area contributed by atoms with Gasteiger partial charge in [-0.2, -0.15) is 0 Å². The number of benzene rings is 1. The molecule has 0 bridgehead atoms. The van der Waals surface area contributed by atoms with E-state index >= 15 is 0 Å². The molecule has 1 saturated carbocycles. The van der Waals surface area contributed by atoms with Crippen LogP contribution in [0, 0.1) is 0 Å². The molecule has 1 aliphatic heterocycles. The molecule has 2 heterocycles. The van der Waals surface area contributed by atoms with Gasteiger partial charge in [0.15, 0.2) is 5.82 Å². The Balaban J connectivity index is 1.32. The Bertz CT molecular complexity index is 686. The van der Waals surface area contributed by atoms with Crippen molar-refractivity contribution in [3.05, 3.63) is 41.7 Å². The fraction of sp³-hybridized carbons (Fsp3) is 0.611. The maximum Gasteiger partial charge on any atom is 0.165 e. The molecule has 7 heteroatoms. The quantitative estimate of drug-likeness (QED) is 0.852. The van der Waals surface area contributed by atoms with Crippen LogP contribution in [0.1, 0.15) is 43.3 Å². The minimum absolute atomic E-state index is 0.400. The van der Waals surface area contributed by atoms with Crippen LogP contribution >= 0.6 is 0 Å². The maximum atomic E-state index is 10.5. The van der Waals surface area contributed by atoms with Crippen molar-refractivity contribution < 1.29 is 5.11 Å². The molecule has 1 saturated heterocycles. The van der Waals surface area contributed by atoms with E-state index in [0.29, 0.717) is 18.6 Å². The Morgan fingerprint density at radius 3 is 2.72 bits per heavy atom. The van der Waals surface area contributed by atoms with Crippen LogP contribution in [-0.4, -0.2) is 67.3 Å². The molecular weight excluding hydrogens is 316 g/mol. The third-order valence-electron chi connectivity index (χ3n) is 5.26. The summed E-state index contributed by atoms with van der Waals surface area (Å²) < 4.78 is 2.00. The van der Waals surface area contributed by atoms with Gasteiger partial charge >= 0.3 is 0 Å². The van der Waals surface area contributed by atoms with Crippen LogP contribution in [0.2, 0.25) is 0 Å². The summed E-state index contributed by atoms with van der Waals surface area (Å²) in [6, 6.07) is 10.8. The van der Waals surface area contributed by atoms with E-state index in [-0.39, 0.29) is 0 Å². The molecule has 1 aromatic carbocycles. The van der Waals surface area contributed by atoms with Crippen molar-refractivity contribution in [2.45, 2.75) is 44.5 Å². The molecule has 1 aliphatic carbocycles. The number of aliphatic hydroxyl groups excluding tert-OH is 1. The summed E-state index contributed by atoms with van der Waals surface area (Å²) in [6.07, 6.45) is 1.96. The number of aliphatic hydroxyl groups is 1. The van der Waals surface area contributed by atoms with Crippen molar-refractivity contribution in [1.82, 2.24) is 30.0 Å². The lowest BCUT2D eigenvalue weighted by molar-refractivity contribution is 0.0349. The molecule has 2 atom stereocenters. The van der Waals surface area contributed by atoms with Crippen molar-refractivity contribution in [3.63, 3.8) is 0 Å². The molecule has 2 aliphatic rings. The monoisotopic (exact) mass is 342 g/mol. The second-order valence-corrected chi connectivity index (χ2v) is 7.28. The SMILES string of the molecule is C[C@@H]1CN(Cc2nnnn2C2CC2)CCN1C[C@@H](O)c1ccccc1. The second kappa shape index (κ2) is 7.19. The molecule has 4 rings (SSSR count). The Labute approximate surface area is 148 Å². The Hall–Kier alpha value is -1.83. The van der Waals surface area contributed by atoms with E-state index in [1.54, 1.807) is 0 Å². The third kappa shape index (κ3) is 3.89. The van der Waals surface area contributed by atoms with Crippen molar-refractivity contribution >= 4 is 0 Å². The molecule has 0 unspecified atom stereocenters. The number of tetrazole rings is 1. The molecule has 25 heavy (non-hydrogen) atoms. The van der Waals surface area contributed by atoms with Crippen molar-refractivity contribution in [2.24, 2.45) is 0 Å². The number of nitrogens with zero attached hydrogens (tertiary/aromatic N) is 6. The lowest BCUT2D eigenvalue weighted by atomic mass is 10.1. The first-order valence-corrected chi connectivity index (χ1v) is 9.17. The van der Waals surface area contributed by atoms with Crippen LogP contribution in [0.15, 0.2) is 30.3 Å². The smallest absolute Gasteiger partial charge is 0.165 e. The molecule has 2 aromatic rings. The summed E-state index contributed by atoms with van der Waals surface area (Å²) in [6.45, 7) is 6.62. The number of hydrogen-bond acceptors (Lipinski definition) is 6. The minimum Gasteiger partial charge on any atom is -0.387 e. The summed E-state index contributed by atoms with van der Waals surface area (Å²) in [5.41, 5.74) is 0.987. The largest absolute Gasteiger partial charge is 0.387 e. The predicted molar refractivity (Wildman–Crippen MR) is 93.8 cm³/mol. The van der Waals surface area contributed by atoms with Crippen molar-refractivity contribution in [1.29, 1.82) is 0 Å². The van der Waals surface area contributed by atoms with Gasteiger partial charge in [0.2, 0.25) is 0 Å². The standard InChI is InChI=1S/C18H26N6O/c1-14-11-22(13-18-19-20-21-24(18)16-7-8-16)9-10-23(14)12-17(25)15-5-3-2-4-6-15/h2-6,14,16-17,25H,7-13H2,1H3/t14-,17-/m1/s1. The van der Waals surface area contributed by atoms with Gasteiger partial charge in [-0.25, -0.2) is 4.68 Å². The molecular formula is C18H26N6O. The summed E-state index contributed by atoms with van der Waals surface area (Å²) >= 11 is 0. The average Bonchev–Trinajstić information content (AvgIpc) is 3.37. The summed E-state index contributed by atoms with van der Waals surface area (Å²) in [7, 11) is 0. The van der Waals surface area contributed by atoms with E-state index in [4.69, 9.17) is 0 Å². The first-order chi connectivity index (χ1) is 12.2. The average molecular weight is 342 g/mol. The molecule has 0 spiro atoms. The molecule has 134 valence electrons. The van der Waals surface area contributed by atoms with E-state index in [0.717, 1.165) is 37.6 Å². The molecule has 0 amide bonds. The van der Waals surface area contributed by atoms with Gasteiger partial charge in [-0.3, -0.25) is 9.80 Å². The van der Waals surface area contributed by atoms with Gasteiger partial charge in [0.1, 0.15) is 0 Å². The number of piperazine rings is 1. The molecule has 1 aromatic heterocycles. The van der Waals surface area contributed by atoms with E-state index < -0.39 is 6.10 Å². The predicted octanol–water partition coefficient (Wildman–Crippen LogP) is 1.25. The van der Waals surface area contributed by atoms with E-state index in [1.165, 1.54) is 12.8 Å². The van der Waals surface area contributed by atoms with Gasteiger partial charge in [-0.1, -0.05) is 30.3 Å². The van der Waals surface area contributed by atoms with E-state index in [9.17, 15) is 5.11 Å². The summed E-state index contributed by atoms with van der Waals surface area (Å²) in [5, 5.41) is 22.7. The zero-order valence-corrected chi connectivity index (χ0v) is 14.7. The summed E-state index contributed by atoms with van der Waals surface area (Å²) in [4.78, 5) is 4.79. The lowest BCUT2D eigenvalue weighted by Crippen LogP contribution is -2.52. The molecule has 2 fully saturated rings. The lowest BCUT2D eigenvalue weighted by Gasteiger charge is -2.40. The van der Waals surface area contributed by atoms with Crippen molar-refractivity contribution in [2.75, 3.05) is 26.2 Å². The number of aromatic nitrogens is 4. The topological polar surface area (TPSA) is 70.3 Å². The Kier molecular flexibility index (Phi) is 4.78. The van der Waals surface area contributed by atoms with Gasteiger partial charge in [-0.15, -0.1) is 5.10 Å². The zero-order valence-electron chi connectivity index (χ0n) is 14.7. The summed E-state index contributed by atoms with van der Waals surface area (Å²) in [5.74, 6) is 0.979. The highest BCUT2D eigenvalue weighted by Gasteiger charge is 2.30. The fourth-order valence-electron chi connectivity index (χ4n) is 3.61. The van der Waals surface area contributed by atoms with Crippen LogP contribution in [0.25, 0.3) is 0 Å². The highest BCUT2D eigenvalue weighted by molar-refractivity contribution is 5.17. The van der Waals surface area contributed by atoms with Gasteiger partial charge < -0.3 is 5.11 Å². The number of hydrogen-bond donors (Lipinski definition) is 1. The highest BCUT2D eigenvalue weighted by atomic mass is 16.3. The highest BCUT2D eigenvalue weighted by Crippen LogP contribution is 2.34. The second-order valence-electron chi connectivity index (χ2n) is 7.28.